The average molecular weight is 411 g/mol. The van der Waals surface area contributed by atoms with Gasteiger partial charge in [0, 0.05) is 25.3 Å². The number of carbonyl (C=O) groups is 1. The zero-order chi connectivity index (χ0) is 20.4. The van der Waals surface area contributed by atoms with Gasteiger partial charge < -0.3 is 19.9 Å². The summed E-state index contributed by atoms with van der Waals surface area (Å²) in [6.07, 6.45) is -0.420. The number of alkyl halides is 3. The van der Waals surface area contributed by atoms with E-state index in [1.165, 1.54) is 25.3 Å². The van der Waals surface area contributed by atoms with E-state index in [1.807, 2.05) is 0 Å². The summed E-state index contributed by atoms with van der Waals surface area (Å²) in [6.45, 7) is 5.04. The van der Waals surface area contributed by atoms with Gasteiger partial charge in [0.15, 0.2) is 0 Å². The van der Waals surface area contributed by atoms with Crippen LogP contribution >= 0.6 is 0 Å². The van der Waals surface area contributed by atoms with Gasteiger partial charge in [-0.25, -0.2) is 0 Å². The van der Waals surface area contributed by atoms with Crippen LogP contribution in [0.15, 0.2) is 18.2 Å². The highest BCUT2D eigenvalue weighted by molar-refractivity contribution is 5.82. The topological polar surface area (TPSA) is 44.8 Å². The molecule has 0 radical (unpaired) electrons. The molecular weight excluding hydrogens is 383 g/mol. The third-order valence-corrected chi connectivity index (χ3v) is 6.30. The van der Waals surface area contributed by atoms with Gasteiger partial charge in [-0.2, -0.15) is 13.2 Å². The average Bonchev–Trinajstić information content (AvgIpc) is 2.72. The van der Waals surface area contributed by atoms with Crippen LogP contribution in [0.2, 0.25) is 0 Å². The van der Waals surface area contributed by atoms with Crippen LogP contribution in [0.3, 0.4) is 0 Å². The summed E-state index contributed by atoms with van der Waals surface area (Å²) in [5, 5.41) is 3.02. The summed E-state index contributed by atoms with van der Waals surface area (Å²) in [4.78, 5) is 17.4. The highest BCUT2D eigenvalue weighted by Gasteiger charge is 2.41. The minimum Gasteiger partial charge on any atom is -0.377 e. The molecule has 2 fully saturated rings. The van der Waals surface area contributed by atoms with Crippen molar-refractivity contribution in [3.63, 3.8) is 0 Å². The molecule has 160 valence electrons. The molecule has 1 aromatic rings. The number of ether oxygens (including phenoxy) is 1. The molecule has 2 saturated heterocycles. The lowest BCUT2D eigenvalue weighted by molar-refractivity contribution is -0.137. The lowest BCUT2D eigenvalue weighted by Gasteiger charge is -2.45. The number of benzene rings is 1. The number of nitrogens with one attached hydrogen (secondary N) is 1. The molecule has 2 atom stereocenters. The van der Waals surface area contributed by atoms with Crippen LogP contribution in [0.4, 0.5) is 18.9 Å². The number of halogens is 3. The van der Waals surface area contributed by atoms with Crippen molar-refractivity contribution < 1.29 is 22.7 Å². The van der Waals surface area contributed by atoms with Gasteiger partial charge in [-0.15, -0.1) is 0 Å². The van der Waals surface area contributed by atoms with Crippen LogP contribution in [0.1, 0.15) is 30.4 Å². The predicted octanol–water partition coefficient (Wildman–Crippen LogP) is 2.69. The Morgan fingerprint density at radius 1 is 1.17 bits per heavy atom. The first-order valence-corrected chi connectivity index (χ1v) is 10.5. The van der Waals surface area contributed by atoms with Gasteiger partial charge in [0.25, 0.3) is 0 Å². The Hall–Kier alpha value is -1.80. The van der Waals surface area contributed by atoms with Crippen LogP contribution in [-0.4, -0.2) is 62.8 Å². The third-order valence-electron chi connectivity index (χ3n) is 6.30. The minimum atomic E-state index is -4.39. The van der Waals surface area contributed by atoms with Crippen molar-refractivity contribution in [2.75, 3.05) is 50.8 Å². The lowest BCUT2D eigenvalue weighted by atomic mass is 9.84. The number of piperidine rings is 1. The molecule has 1 N–H and O–H groups in total. The number of amides is 1. The molecule has 1 aromatic carbocycles. The number of fused-ring (bicyclic) bond motifs is 3. The number of carbonyl (C=O) groups excluding carboxylic acids is 1. The second kappa shape index (κ2) is 8.52. The van der Waals surface area contributed by atoms with Gasteiger partial charge in [-0.1, -0.05) is 6.42 Å². The molecule has 3 heterocycles. The number of anilines is 1. The van der Waals surface area contributed by atoms with Gasteiger partial charge >= 0.3 is 6.18 Å². The van der Waals surface area contributed by atoms with Crippen LogP contribution in [0.25, 0.3) is 0 Å². The molecule has 1 amide bonds. The molecule has 0 unspecified atom stereocenters. The molecule has 0 saturated carbocycles. The Labute approximate surface area is 169 Å². The van der Waals surface area contributed by atoms with Crippen LogP contribution in [0, 0.1) is 5.92 Å². The number of hydrogen-bond acceptors (Lipinski definition) is 4. The first-order valence-electron chi connectivity index (χ1n) is 10.5. The van der Waals surface area contributed by atoms with E-state index >= 15 is 0 Å². The molecule has 8 heteroatoms. The first-order chi connectivity index (χ1) is 13.9. The molecule has 0 aliphatic carbocycles. The smallest absolute Gasteiger partial charge is 0.377 e. The Kier molecular flexibility index (Phi) is 6.01. The van der Waals surface area contributed by atoms with E-state index in [2.05, 4.69) is 15.1 Å². The van der Waals surface area contributed by atoms with Gasteiger partial charge in [0.05, 0.1) is 30.7 Å². The van der Waals surface area contributed by atoms with Crippen molar-refractivity contribution in [1.29, 1.82) is 0 Å². The van der Waals surface area contributed by atoms with E-state index in [4.69, 9.17) is 4.74 Å². The first kappa shape index (κ1) is 20.5. The maximum absolute atomic E-state index is 13.2. The third kappa shape index (κ3) is 4.53. The minimum absolute atomic E-state index is 0.0921. The lowest BCUT2D eigenvalue weighted by Crippen LogP contribution is -2.57. The molecule has 4 rings (SSSR count). The van der Waals surface area contributed by atoms with E-state index in [1.54, 1.807) is 6.07 Å². The standard InChI is InChI=1S/C21H28F3N3O2/c22-21(23,24)16-4-5-18-15(12-16)13-17(19-14-29-11-10-27(18)19)20(28)25-6-9-26-7-2-1-3-8-26/h4-5,12,17,19H,1-3,6-11,13-14H2,(H,25,28)/t17-,19-/m1/s1. The van der Waals surface area contributed by atoms with Gasteiger partial charge in [-0.3, -0.25) is 4.79 Å². The zero-order valence-corrected chi connectivity index (χ0v) is 16.5. The number of rotatable bonds is 4. The molecule has 3 aliphatic rings. The summed E-state index contributed by atoms with van der Waals surface area (Å²) in [6, 6.07) is 3.74. The maximum atomic E-state index is 13.2. The molecule has 0 aromatic heterocycles. The highest BCUT2D eigenvalue weighted by Crippen LogP contribution is 2.39. The molecule has 29 heavy (non-hydrogen) atoms. The fourth-order valence-electron chi connectivity index (χ4n) is 4.75. The van der Waals surface area contributed by atoms with Crippen molar-refractivity contribution in [2.45, 2.75) is 37.9 Å². The summed E-state index contributed by atoms with van der Waals surface area (Å²) in [7, 11) is 0. The van der Waals surface area contributed by atoms with Gasteiger partial charge in [-0.05, 0) is 56.1 Å². The zero-order valence-electron chi connectivity index (χ0n) is 16.5. The summed E-state index contributed by atoms with van der Waals surface area (Å²) in [5.74, 6) is -0.502. The van der Waals surface area contributed by atoms with Crippen LogP contribution < -0.4 is 10.2 Å². The van der Waals surface area contributed by atoms with Gasteiger partial charge in [0.1, 0.15) is 0 Å². The van der Waals surface area contributed by atoms with E-state index < -0.39 is 17.7 Å². The Morgan fingerprint density at radius 2 is 1.97 bits per heavy atom. The highest BCUT2D eigenvalue weighted by atomic mass is 19.4. The monoisotopic (exact) mass is 411 g/mol. The SMILES string of the molecule is O=C(NCCN1CCCCC1)[C@@H]1Cc2cc(C(F)(F)F)ccc2N2CCOC[C@H]12. The fraction of sp³-hybridized carbons (Fsp3) is 0.667. The van der Waals surface area contributed by atoms with Crippen molar-refractivity contribution >= 4 is 11.6 Å². The molecule has 0 spiro atoms. The summed E-state index contributed by atoms with van der Waals surface area (Å²) < 4.78 is 45.1. The predicted molar refractivity (Wildman–Crippen MR) is 104 cm³/mol. The van der Waals surface area contributed by atoms with Crippen molar-refractivity contribution in [3.05, 3.63) is 29.3 Å². The number of morpholine rings is 1. The number of nitrogens with zero attached hydrogens (tertiary/aromatic N) is 2. The second-order valence-electron chi connectivity index (χ2n) is 8.18. The molecule has 5 nitrogen and oxygen atoms in total. The number of likely N-dealkylation sites (tertiary alicyclic amines) is 1. The van der Waals surface area contributed by atoms with Crippen molar-refractivity contribution in [1.82, 2.24) is 10.2 Å². The van der Waals surface area contributed by atoms with Crippen molar-refractivity contribution in [2.24, 2.45) is 5.92 Å². The van der Waals surface area contributed by atoms with Crippen molar-refractivity contribution in [3.8, 4) is 0 Å². The molecule has 3 aliphatic heterocycles. The Morgan fingerprint density at radius 3 is 2.72 bits per heavy atom. The quantitative estimate of drug-likeness (QED) is 0.828. The number of hydrogen-bond donors (Lipinski definition) is 1. The fourth-order valence-corrected chi connectivity index (χ4v) is 4.75. The van der Waals surface area contributed by atoms with E-state index in [0.29, 0.717) is 38.3 Å². The second-order valence-corrected chi connectivity index (χ2v) is 8.18. The van der Waals surface area contributed by atoms with E-state index in [9.17, 15) is 18.0 Å². The molecular formula is C21H28F3N3O2. The van der Waals surface area contributed by atoms with E-state index in [-0.39, 0.29) is 11.9 Å². The van der Waals surface area contributed by atoms with E-state index in [0.717, 1.165) is 31.4 Å². The van der Waals surface area contributed by atoms with Crippen LogP contribution in [0.5, 0.6) is 0 Å². The Balaban J connectivity index is 1.47. The normalized spacial score (nSPS) is 25.3. The summed E-state index contributed by atoms with van der Waals surface area (Å²) in [5.41, 5.74) is 0.727. The summed E-state index contributed by atoms with van der Waals surface area (Å²) >= 11 is 0. The van der Waals surface area contributed by atoms with Gasteiger partial charge in [0.2, 0.25) is 5.91 Å². The Bertz CT molecular complexity index is 734. The molecule has 0 bridgehead atoms. The van der Waals surface area contributed by atoms with Crippen LogP contribution in [-0.2, 0) is 22.1 Å². The largest absolute Gasteiger partial charge is 0.416 e. The maximum Gasteiger partial charge on any atom is 0.416 e.